The van der Waals surface area contributed by atoms with Crippen LogP contribution in [-0.2, 0) is 21.4 Å². The number of anilines is 1. The summed E-state index contributed by atoms with van der Waals surface area (Å²) in [6, 6.07) is 9.74. The number of halogens is 1. The minimum Gasteiger partial charge on any atom is -0.379 e. The molecular formula is C31H41FN6O2. The first-order valence-electron chi connectivity index (χ1n) is 14.5. The van der Waals surface area contributed by atoms with Crippen molar-refractivity contribution >= 4 is 17.2 Å². The van der Waals surface area contributed by atoms with Crippen molar-refractivity contribution in [3.63, 3.8) is 0 Å². The Hall–Kier alpha value is -2.85. The van der Waals surface area contributed by atoms with E-state index < -0.39 is 0 Å². The number of nitrogens with one attached hydrogen (secondary N) is 1. The number of pyridine rings is 1. The molecule has 0 radical (unpaired) electrons. The van der Waals surface area contributed by atoms with Gasteiger partial charge >= 0.3 is 0 Å². The molecule has 1 amide bonds. The van der Waals surface area contributed by atoms with Gasteiger partial charge in [0.05, 0.1) is 31.1 Å². The molecule has 0 bridgehead atoms. The minimum atomic E-state index is -0.245. The predicted molar refractivity (Wildman–Crippen MR) is 154 cm³/mol. The van der Waals surface area contributed by atoms with Gasteiger partial charge in [0.1, 0.15) is 11.5 Å². The van der Waals surface area contributed by atoms with Crippen LogP contribution in [0.25, 0.3) is 5.65 Å². The molecule has 1 N–H and O–H groups in total. The number of carbonyl (C=O) groups is 1. The maximum Gasteiger partial charge on any atom is 0.241 e. The van der Waals surface area contributed by atoms with Gasteiger partial charge in [-0.25, -0.2) is 9.37 Å². The second-order valence-electron chi connectivity index (χ2n) is 12.5. The summed E-state index contributed by atoms with van der Waals surface area (Å²) in [4.78, 5) is 25.7. The number of morpholine rings is 1. The fraction of sp³-hybridized carbons (Fsp3) is 0.548. The molecule has 3 aromatic rings. The zero-order chi connectivity index (χ0) is 28.0. The number of fused-ring (bicyclic) bond motifs is 3. The molecule has 214 valence electrons. The molecule has 3 atom stereocenters. The van der Waals surface area contributed by atoms with Gasteiger partial charge in [-0.3, -0.25) is 14.6 Å². The lowest BCUT2D eigenvalue weighted by molar-refractivity contribution is -0.121. The van der Waals surface area contributed by atoms with Crippen LogP contribution < -0.4 is 10.2 Å². The largest absolute Gasteiger partial charge is 0.379 e. The van der Waals surface area contributed by atoms with E-state index in [9.17, 15) is 9.18 Å². The van der Waals surface area contributed by atoms with Crippen LogP contribution in [0.5, 0.6) is 0 Å². The Balaban J connectivity index is 1.28. The molecule has 3 aliphatic heterocycles. The molecule has 3 aliphatic rings. The summed E-state index contributed by atoms with van der Waals surface area (Å²) in [6.07, 6.45) is 4.44. The topological polar surface area (TPSA) is 65.4 Å². The summed E-state index contributed by atoms with van der Waals surface area (Å²) in [5, 5.41) is 3.63. The smallest absolute Gasteiger partial charge is 0.241 e. The van der Waals surface area contributed by atoms with Crippen molar-refractivity contribution in [2.24, 2.45) is 0 Å². The number of nitrogens with zero attached hydrogens (tertiary/aromatic N) is 5. The first kappa shape index (κ1) is 27.3. The Bertz CT molecular complexity index is 1370. The number of ether oxygens (including phenoxy) is 1. The highest BCUT2D eigenvalue weighted by Gasteiger charge is 2.42. The zero-order valence-electron chi connectivity index (χ0n) is 24.1. The number of rotatable bonds is 6. The lowest BCUT2D eigenvalue weighted by Gasteiger charge is -2.43. The average Bonchev–Trinajstić information content (AvgIpc) is 3.50. The van der Waals surface area contributed by atoms with Crippen molar-refractivity contribution in [1.82, 2.24) is 24.5 Å². The number of piperazine rings is 1. The number of hydrogen-bond acceptors (Lipinski definition) is 6. The highest BCUT2D eigenvalue weighted by Crippen LogP contribution is 2.42. The van der Waals surface area contributed by atoms with E-state index in [1.807, 2.05) is 29.4 Å². The van der Waals surface area contributed by atoms with Crippen LogP contribution in [0, 0.1) is 5.82 Å². The van der Waals surface area contributed by atoms with Crippen LogP contribution >= 0.6 is 0 Å². The van der Waals surface area contributed by atoms with Gasteiger partial charge in [0.15, 0.2) is 0 Å². The van der Waals surface area contributed by atoms with Gasteiger partial charge in [-0.15, -0.1) is 0 Å². The summed E-state index contributed by atoms with van der Waals surface area (Å²) < 4.78 is 21.4. The summed E-state index contributed by atoms with van der Waals surface area (Å²) in [5.74, 6) is -0.112. The molecule has 8 nitrogen and oxygen atoms in total. The second kappa shape index (κ2) is 10.9. The van der Waals surface area contributed by atoms with E-state index in [-0.39, 0.29) is 23.2 Å². The van der Waals surface area contributed by atoms with Gasteiger partial charge in [0, 0.05) is 80.6 Å². The Morgan fingerprint density at radius 2 is 2.00 bits per heavy atom. The Morgan fingerprint density at radius 1 is 1.20 bits per heavy atom. The van der Waals surface area contributed by atoms with E-state index in [1.165, 1.54) is 12.1 Å². The molecule has 0 unspecified atom stereocenters. The Kier molecular flexibility index (Phi) is 7.41. The van der Waals surface area contributed by atoms with Crippen LogP contribution in [-0.4, -0.2) is 95.7 Å². The molecule has 0 saturated carbocycles. The molecular weight excluding hydrogens is 507 g/mol. The lowest BCUT2D eigenvalue weighted by Crippen LogP contribution is -2.62. The maximum atomic E-state index is 14.1. The molecule has 2 aromatic heterocycles. The SMILES string of the molecule is C[C@@H]1CN(CC(=O)N2CC(C)(C)c3c2cc(Cc2ccc(F)cc2)c2nccn32)[C@@H](CN2CCOC[C@H]2C)CN1. The first-order chi connectivity index (χ1) is 19.2. The molecule has 0 spiro atoms. The number of aromatic nitrogens is 2. The van der Waals surface area contributed by atoms with Gasteiger partial charge in [0.2, 0.25) is 5.91 Å². The van der Waals surface area contributed by atoms with Crippen molar-refractivity contribution < 1.29 is 13.9 Å². The fourth-order valence-corrected chi connectivity index (χ4v) is 6.72. The van der Waals surface area contributed by atoms with Gasteiger partial charge in [-0.2, -0.15) is 0 Å². The van der Waals surface area contributed by atoms with Crippen molar-refractivity contribution in [2.75, 3.05) is 57.4 Å². The normalized spacial score (nSPS) is 25.4. The van der Waals surface area contributed by atoms with Crippen LogP contribution in [0.3, 0.4) is 0 Å². The molecule has 2 saturated heterocycles. The van der Waals surface area contributed by atoms with E-state index in [2.05, 4.69) is 58.3 Å². The Morgan fingerprint density at radius 3 is 2.77 bits per heavy atom. The third-order valence-electron chi connectivity index (χ3n) is 8.83. The van der Waals surface area contributed by atoms with Gasteiger partial charge in [-0.05, 0) is 37.6 Å². The molecule has 40 heavy (non-hydrogen) atoms. The number of carbonyl (C=O) groups excluding carboxylic acids is 1. The highest BCUT2D eigenvalue weighted by atomic mass is 19.1. The van der Waals surface area contributed by atoms with Crippen LogP contribution in [0.15, 0.2) is 42.7 Å². The second-order valence-corrected chi connectivity index (χ2v) is 12.5. The van der Waals surface area contributed by atoms with E-state index >= 15 is 0 Å². The zero-order valence-corrected chi connectivity index (χ0v) is 24.1. The summed E-state index contributed by atoms with van der Waals surface area (Å²) >= 11 is 0. The minimum absolute atomic E-state index is 0.133. The van der Waals surface area contributed by atoms with E-state index in [0.29, 0.717) is 31.6 Å². The number of hydrogen-bond donors (Lipinski definition) is 1. The summed E-state index contributed by atoms with van der Waals surface area (Å²) in [7, 11) is 0. The van der Waals surface area contributed by atoms with E-state index in [1.54, 1.807) is 0 Å². The van der Waals surface area contributed by atoms with E-state index in [4.69, 9.17) is 4.74 Å². The quantitative estimate of drug-likeness (QED) is 0.511. The van der Waals surface area contributed by atoms with Crippen molar-refractivity contribution in [2.45, 2.75) is 57.7 Å². The molecule has 6 rings (SSSR count). The van der Waals surface area contributed by atoms with Crippen LogP contribution in [0.2, 0.25) is 0 Å². The number of imidazole rings is 1. The standard InChI is InChI=1S/C31H41FN6O2/c1-21-16-36(26(15-34-21)17-35-11-12-40-19-22(35)2)18-28(39)38-20-31(3,4)29-27(38)14-24(30-33-9-10-37(29)30)13-23-5-7-25(32)8-6-23/h5-10,14,21-22,26,34H,11-13,15-20H2,1-4H3/t21-,22-,26-/m1/s1. The third kappa shape index (κ3) is 5.28. The number of amides is 1. The maximum absolute atomic E-state index is 14.1. The van der Waals surface area contributed by atoms with Gasteiger partial charge in [0.25, 0.3) is 0 Å². The highest BCUT2D eigenvalue weighted by molar-refractivity contribution is 5.98. The predicted octanol–water partition coefficient (Wildman–Crippen LogP) is 3.07. The van der Waals surface area contributed by atoms with Crippen molar-refractivity contribution in [1.29, 1.82) is 0 Å². The monoisotopic (exact) mass is 548 g/mol. The van der Waals surface area contributed by atoms with Crippen LogP contribution in [0.4, 0.5) is 10.1 Å². The molecule has 9 heteroatoms. The third-order valence-corrected chi connectivity index (χ3v) is 8.83. The van der Waals surface area contributed by atoms with E-state index in [0.717, 1.165) is 67.5 Å². The molecule has 0 aliphatic carbocycles. The lowest BCUT2D eigenvalue weighted by atomic mass is 9.90. The summed E-state index contributed by atoms with van der Waals surface area (Å²) in [5.41, 5.74) is 4.78. The average molecular weight is 549 g/mol. The fourth-order valence-electron chi connectivity index (χ4n) is 6.72. The molecule has 5 heterocycles. The number of benzene rings is 1. The van der Waals surface area contributed by atoms with Crippen molar-refractivity contribution in [3.05, 3.63) is 65.4 Å². The molecule has 1 aromatic carbocycles. The van der Waals surface area contributed by atoms with Gasteiger partial charge in [-0.1, -0.05) is 26.0 Å². The van der Waals surface area contributed by atoms with Gasteiger partial charge < -0.3 is 19.4 Å². The first-order valence-corrected chi connectivity index (χ1v) is 14.5. The summed E-state index contributed by atoms with van der Waals surface area (Å²) in [6.45, 7) is 14.9. The van der Waals surface area contributed by atoms with Crippen molar-refractivity contribution in [3.8, 4) is 0 Å². The Labute approximate surface area is 236 Å². The van der Waals surface area contributed by atoms with Crippen LogP contribution in [0.1, 0.15) is 44.5 Å². The molecule has 2 fully saturated rings.